The lowest BCUT2D eigenvalue weighted by Gasteiger charge is -2.13. The molecule has 17 heavy (non-hydrogen) atoms. The van der Waals surface area contributed by atoms with E-state index >= 15 is 0 Å². The molecular weight excluding hydrogens is 335 g/mol. The lowest BCUT2D eigenvalue weighted by molar-refractivity contribution is -0.139. The van der Waals surface area contributed by atoms with Crippen LogP contribution >= 0.6 is 22.6 Å². The van der Waals surface area contributed by atoms with E-state index in [9.17, 15) is 9.59 Å². The molecule has 92 valence electrons. The molecule has 0 heterocycles. The van der Waals surface area contributed by atoms with Crippen molar-refractivity contribution in [3.63, 3.8) is 0 Å². The molecule has 0 aliphatic heterocycles. The summed E-state index contributed by atoms with van der Waals surface area (Å²) in [5.74, 6) is -1.04. The summed E-state index contributed by atoms with van der Waals surface area (Å²) in [6, 6.07) is 5.87. The number of carboxylic acids is 1. The van der Waals surface area contributed by atoms with Crippen molar-refractivity contribution in [2.45, 2.75) is 19.4 Å². The molecule has 0 spiro atoms. The molecule has 1 rings (SSSR count). The van der Waals surface area contributed by atoms with Gasteiger partial charge >= 0.3 is 12.0 Å². The highest BCUT2D eigenvalue weighted by atomic mass is 127. The van der Waals surface area contributed by atoms with Gasteiger partial charge in [0.25, 0.3) is 0 Å². The number of carbonyl (C=O) groups is 2. The number of carboxylic acid groups (broad SMARTS) is 1. The number of carbonyl (C=O) groups excluding carboxylic acids is 1. The summed E-state index contributed by atoms with van der Waals surface area (Å²) in [6.07, 6.45) is 0.342. The number of anilines is 1. The summed E-state index contributed by atoms with van der Waals surface area (Å²) < 4.78 is 0.991. The predicted molar refractivity (Wildman–Crippen MR) is 73.0 cm³/mol. The second-order valence-corrected chi connectivity index (χ2v) is 4.65. The Bertz CT molecular complexity index is 423. The second-order valence-electron chi connectivity index (χ2n) is 3.41. The highest BCUT2D eigenvalue weighted by molar-refractivity contribution is 14.1. The van der Waals surface area contributed by atoms with E-state index in [0.717, 1.165) is 3.57 Å². The molecule has 0 bridgehead atoms. The van der Waals surface area contributed by atoms with Crippen molar-refractivity contribution in [1.82, 2.24) is 5.32 Å². The van der Waals surface area contributed by atoms with Crippen molar-refractivity contribution in [2.24, 2.45) is 0 Å². The van der Waals surface area contributed by atoms with E-state index in [1.54, 1.807) is 19.1 Å². The molecule has 2 amide bonds. The quantitative estimate of drug-likeness (QED) is 0.731. The molecule has 1 aromatic carbocycles. The summed E-state index contributed by atoms with van der Waals surface area (Å²) >= 11 is 2.13. The fraction of sp³-hybridized carbons (Fsp3) is 0.273. The molecule has 3 N–H and O–H groups in total. The van der Waals surface area contributed by atoms with E-state index in [1.807, 2.05) is 12.1 Å². The summed E-state index contributed by atoms with van der Waals surface area (Å²) in [7, 11) is 0. The first-order valence-electron chi connectivity index (χ1n) is 5.08. The van der Waals surface area contributed by atoms with Crippen LogP contribution in [-0.2, 0) is 4.79 Å². The van der Waals surface area contributed by atoms with Crippen molar-refractivity contribution >= 4 is 40.3 Å². The average molecular weight is 348 g/mol. The molecule has 0 aromatic heterocycles. The molecule has 0 aliphatic rings. The molecule has 0 saturated heterocycles. The van der Waals surface area contributed by atoms with E-state index in [1.165, 1.54) is 0 Å². The zero-order valence-electron chi connectivity index (χ0n) is 9.24. The lowest BCUT2D eigenvalue weighted by atomic mass is 10.2. The number of benzene rings is 1. The minimum atomic E-state index is -1.04. The Morgan fingerprint density at radius 2 is 2.18 bits per heavy atom. The summed E-state index contributed by atoms with van der Waals surface area (Å²) in [5.41, 5.74) is 0.634. The van der Waals surface area contributed by atoms with Crippen LogP contribution in [0.2, 0.25) is 0 Å². The number of nitrogens with one attached hydrogen (secondary N) is 2. The van der Waals surface area contributed by atoms with Crippen LogP contribution < -0.4 is 10.6 Å². The van der Waals surface area contributed by atoms with Gasteiger partial charge in [-0.25, -0.2) is 9.59 Å². The maximum atomic E-state index is 11.5. The van der Waals surface area contributed by atoms with Crippen molar-refractivity contribution in [3.8, 4) is 0 Å². The van der Waals surface area contributed by atoms with Gasteiger partial charge in [0, 0.05) is 9.26 Å². The second kappa shape index (κ2) is 6.43. The van der Waals surface area contributed by atoms with Crippen LogP contribution in [0.25, 0.3) is 0 Å². The number of aliphatic carboxylic acids is 1. The van der Waals surface area contributed by atoms with E-state index in [4.69, 9.17) is 5.11 Å². The van der Waals surface area contributed by atoms with Crippen molar-refractivity contribution < 1.29 is 14.7 Å². The van der Waals surface area contributed by atoms with Gasteiger partial charge in [0.2, 0.25) is 0 Å². The van der Waals surface area contributed by atoms with E-state index < -0.39 is 18.0 Å². The fourth-order valence-electron chi connectivity index (χ4n) is 1.23. The molecule has 5 nitrogen and oxygen atoms in total. The largest absolute Gasteiger partial charge is 0.480 e. The molecule has 1 aromatic rings. The highest BCUT2D eigenvalue weighted by Crippen LogP contribution is 2.12. The smallest absolute Gasteiger partial charge is 0.326 e. The minimum absolute atomic E-state index is 0.342. The maximum Gasteiger partial charge on any atom is 0.326 e. The van der Waals surface area contributed by atoms with Gasteiger partial charge in [0.15, 0.2) is 0 Å². The molecule has 0 unspecified atom stereocenters. The van der Waals surface area contributed by atoms with Gasteiger partial charge in [0.05, 0.1) is 0 Å². The van der Waals surface area contributed by atoms with Gasteiger partial charge in [-0.15, -0.1) is 0 Å². The Hall–Kier alpha value is -1.31. The number of halogens is 1. The first-order chi connectivity index (χ1) is 8.02. The Balaban J connectivity index is 2.58. The normalized spacial score (nSPS) is 11.6. The van der Waals surface area contributed by atoms with Crippen LogP contribution in [0.1, 0.15) is 13.3 Å². The average Bonchev–Trinajstić information content (AvgIpc) is 2.25. The SMILES string of the molecule is CC[C@H](NC(=O)Nc1cccc(I)c1)C(=O)O. The summed E-state index contributed by atoms with van der Waals surface area (Å²) in [4.78, 5) is 22.2. The zero-order chi connectivity index (χ0) is 12.8. The molecule has 0 saturated carbocycles. The van der Waals surface area contributed by atoms with Gasteiger partial charge in [0.1, 0.15) is 6.04 Å². The molecule has 0 radical (unpaired) electrons. The first kappa shape index (κ1) is 13.8. The van der Waals surface area contributed by atoms with Gasteiger partial charge in [-0.3, -0.25) is 0 Å². The fourth-order valence-corrected chi connectivity index (χ4v) is 1.77. The van der Waals surface area contributed by atoms with E-state index in [0.29, 0.717) is 12.1 Å². The Kier molecular flexibility index (Phi) is 5.20. The monoisotopic (exact) mass is 348 g/mol. The molecule has 0 fully saturated rings. The van der Waals surface area contributed by atoms with Crippen LogP contribution in [0, 0.1) is 3.57 Å². The molecule has 1 atom stereocenters. The third kappa shape index (κ3) is 4.59. The number of hydrogen-bond acceptors (Lipinski definition) is 2. The topological polar surface area (TPSA) is 78.4 Å². The highest BCUT2D eigenvalue weighted by Gasteiger charge is 2.17. The van der Waals surface area contributed by atoms with Crippen LogP contribution in [0.3, 0.4) is 0 Å². The van der Waals surface area contributed by atoms with Gasteiger partial charge in [-0.1, -0.05) is 13.0 Å². The van der Waals surface area contributed by atoms with Crippen LogP contribution in [-0.4, -0.2) is 23.1 Å². The Labute approximate surface area is 113 Å². The van der Waals surface area contributed by atoms with Crippen LogP contribution in [0.5, 0.6) is 0 Å². The molecule has 6 heteroatoms. The minimum Gasteiger partial charge on any atom is -0.480 e. The Morgan fingerprint density at radius 1 is 1.47 bits per heavy atom. The number of hydrogen-bond donors (Lipinski definition) is 3. The van der Waals surface area contributed by atoms with Crippen molar-refractivity contribution in [1.29, 1.82) is 0 Å². The van der Waals surface area contributed by atoms with Crippen molar-refractivity contribution in [3.05, 3.63) is 27.8 Å². The van der Waals surface area contributed by atoms with Crippen molar-refractivity contribution in [2.75, 3.05) is 5.32 Å². The zero-order valence-corrected chi connectivity index (χ0v) is 11.4. The maximum absolute atomic E-state index is 11.5. The van der Waals surface area contributed by atoms with Crippen LogP contribution in [0.15, 0.2) is 24.3 Å². The summed E-state index contributed by atoms with van der Waals surface area (Å²) in [6.45, 7) is 1.70. The van der Waals surface area contributed by atoms with Gasteiger partial charge in [-0.2, -0.15) is 0 Å². The molecule has 0 aliphatic carbocycles. The van der Waals surface area contributed by atoms with Crippen LogP contribution in [0.4, 0.5) is 10.5 Å². The predicted octanol–water partition coefficient (Wildman–Crippen LogP) is 2.28. The van der Waals surface area contributed by atoms with Gasteiger partial charge < -0.3 is 15.7 Å². The lowest BCUT2D eigenvalue weighted by Crippen LogP contribution is -2.42. The number of urea groups is 1. The van der Waals surface area contributed by atoms with Gasteiger partial charge in [-0.05, 0) is 47.2 Å². The first-order valence-corrected chi connectivity index (χ1v) is 6.16. The van der Waals surface area contributed by atoms with E-state index in [2.05, 4.69) is 33.2 Å². The third-order valence-electron chi connectivity index (χ3n) is 2.09. The third-order valence-corrected chi connectivity index (χ3v) is 2.77. The Morgan fingerprint density at radius 3 is 2.71 bits per heavy atom. The standard InChI is InChI=1S/C11H13IN2O3/c1-2-9(10(15)16)14-11(17)13-8-5-3-4-7(12)6-8/h3-6,9H,2H2,1H3,(H,15,16)(H2,13,14,17)/t9-/m0/s1. The number of rotatable bonds is 4. The summed E-state index contributed by atoms with van der Waals surface area (Å²) in [5, 5.41) is 13.8. The molecular formula is C11H13IN2O3. The number of amides is 2. The van der Waals surface area contributed by atoms with E-state index in [-0.39, 0.29) is 0 Å².